The number of hydrogen-bond acceptors (Lipinski definition) is 2. The number of nitrogens with one attached hydrogen (secondary N) is 1. The summed E-state index contributed by atoms with van der Waals surface area (Å²) in [6.07, 6.45) is 6.87. The second-order valence-electron chi connectivity index (χ2n) is 7.67. The summed E-state index contributed by atoms with van der Waals surface area (Å²) >= 11 is 0. The number of hydrogen-bond donors (Lipinski definition) is 1. The fraction of sp³-hybridized carbons (Fsp3) is 1.00. The van der Waals surface area contributed by atoms with Gasteiger partial charge in [-0.25, -0.2) is 0 Å². The monoisotopic (exact) mass is 282 g/mol. The third-order valence-corrected chi connectivity index (χ3v) is 5.25. The van der Waals surface area contributed by atoms with Crippen LogP contribution < -0.4 is 5.32 Å². The minimum absolute atomic E-state index is 0.674. The van der Waals surface area contributed by atoms with E-state index >= 15 is 0 Å². The summed E-state index contributed by atoms with van der Waals surface area (Å²) in [5.74, 6) is 2.63. The Balaban J connectivity index is 2.21. The summed E-state index contributed by atoms with van der Waals surface area (Å²) in [6.45, 7) is 14.2. The lowest BCUT2D eigenvalue weighted by atomic mass is 9.74. The largest absolute Gasteiger partial charge is 0.314 e. The lowest BCUT2D eigenvalue weighted by Crippen LogP contribution is -2.43. The van der Waals surface area contributed by atoms with Gasteiger partial charge in [0.2, 0.25) is 0 Å². The van der Waals surface area contributed by atoms with E-state index < -0.39 is 0 Å². The van der Waals surface area contributed by atoms with Gasteiger partial charge in [0.15, 0.2) is 0 Å². The molecule has 1 fully saturated rings. The summed E-state index contributed by atoms with van der Waals surface area (Å²) in [5.41, 5.74) is 0. The van der Waals surface area contributed by atoms with Crippen LogP contribution in [-0.4, -0.2) is 37.1 Å². The molecule has 0 heterocycles. The normalized spacial score (nSPS) is 27.8. The highest BCUT2D eigenvalue weighted by Gasteiger charge is 2.29. The molecule has 0 radical (unpaired) electrons. The first-order valence-corrected chi connectivity index (χ1v) is 8.85. The van der Waals surface area contributed by atoms with Gasteiger partial charge in [0.25, 0.3) is 0 Å². The third-order valence-electron chi connectivity index (χ3n) is 5.25. The molecule has 0 aliphatic heterocycles. The molecule has 0 aromatic heterocycles. The second-order valence-corrected chi connectivity index (χ2v) is 7.67. The summed E-state index contributed by atoms with van der Waals surface area (Å²) in [4.78, 5) is 2.44. The highest BCUT2D eigenvalue weighted by Crippen LogP contribution is 2.33. The first-order chi connectivity index (χ1) is 9.41. The Labute approximate surface area is 127 Å². The SMILES string of the molecule is CC1CCC(C(C)C)C(NCCCCN(C)C(C)C)C1. The quantitative estimate of drug-likeness (QED) is 0.673. The molecule has 0 spiro atoms. The van der Waals surface area contributed by atoms with E-state index in [1.54, 1.807) is 0 Å². The Hall–Kier alpha value is -0.0800. The first kappa shape index (κ1) is 18.0. The molecule has 3 unspecified atom stereocenters. The van der Waals surface area contributed by atoms with Gasteiger partial charge in [-0.1, -0.05) is 27.2 Å². The molecular weight excluding hydrogens is 244 g/mol. The molecule has 2 nitrogen and oxygen atoms in total. The molecule has 1 aliphatic rings. The molecule has 20 heavy (non-hydrogen) atoms. The predicted molar refractivity (Wildman–Crippen MR) is 90.1 cm³/mol. The molecule has 0 saturated heterocycles. The Morgan fingerprint density at radius 3 is 2.40 bits per heavy atom. The molecular formula is C18H38N2. The van der Waals surface area contributed by atoms with Crippen LogP contribution >= 0.6 is 0 Å². The van der Waals surface area contributed by atoms with Crippen LogP contribution in [0, 0.1) is 17.8 Å². The van der Waals surface area contributed by atoms with Crippen molar-refractivity contribution in [3.05, 3.63) is 0 Å². The fourth-order valence-corrected chi connectivity index (χ4v) is 3.47. The van der Waals surface area contributed by atoms with Crippen LogP contribution in [-0.2, 0) is 0 Å². The van der Waals surface area contributed by atoms with Gasteiger partial charge in [-0.15, -0.1) is 0 Å². The van der Waals surface area contributed by atoms with E-state index in [1.165, 1.54) is 45.2 Å². The van der Waals surface area contributed by atoms with Crippen LogP contribution in [0.25, 0.3) is 0 Å². The van der Waals surface area contributed by atoms with Crippen molar-refractivity contribution in [3.8, 4) is 0 Å². The summed E-state index contributed by atoms with van der Waals surface area (Å²) in [7, 11) is 2.23. The lowest BCUT2D eigenvalue weighted by molar-refractivity contribution is 0.169. The maximum Gasteiger partial charge on any atom is 0.0100 e. The molecule has 0 bridgehead atoms. The number of rotatable bonds is 8. The average Bonchev–Trinajstić information content (AvgIpc) is 2.37. The Morgan fingerprint density at radius 2 is 1.80 bits per heavy atom. The molecule has 0 aromatic carbocycles. The van der Waals surface area contributed by atoms with E-state index in [0.717, 1.165) is 23.8 Å². The smallest absolute Gasteiger partial charge is 0.0100 e. The van der Waals surface area contributed by atoms with Crippen molar-refractivity contribution >= 4 is 0 Å². The van der Waals surface area contributed by atoms with Crippen molar-refractivity contribution in [2.75, 3.05) is 20.1 Å². The van der Waals surface area contributed by atoms with Crippen molar-refractivity contribution in [2.24, 2.45) is 17.8 Å². The van der Waals surface area contributed by atoms with Gasteiger partial charge < -0.3 is 10.2 Å². The van der Waals surface area contributed by atoms with E-state index in [0.29, 0.717) is 6.04 Å². The zero-order chi connectivity index (χ0) is 15.1. The molecule has 3 atom stereocenters. The van der Waals surface area contributed by atoms with Crippen LogP contribution in [0.3, 0.4) is 0 Å². The van der Waals surface area contributed by atoms with Gasteiger partial charge >= 0.3 is 0 Å². The van der Waals surface area contributed by atoms with Gasteiger partial charge in [-0.05, 0) is 77.4 Å². The van der Waals surface area contributed by atoms with Crippen molar-refractivity contribution in [1.29, 1.82) is 0 Å². The van der Waals surface area contributed by atoms with Crippen LogP contribution in [0.2, 0.25) is 0 Å². The van der Waals surface area contributed by atoms with Gasteiger partial charge in [0, 0.05) is 12.1 Å². The molecule has 120 valence electrons. The maximum atomic E-state index is 3.87. The lowest BCUT2D eigenvalue weighted by Gasteiger charge is -2.38. The molecule has 0 aromatic rings. The molecule has 2 heteroatoms. The van der Waals surface area contributed by atoms with E-state index in [1.807, 2.05) is 0 Å². The Bertz CT molecular complexity index is 250. The van der Waals surface area contributed by atoms with E-state index in [4.69, 9.17) is 0 Å². The second kappa shape index (κ2) is 9.04. The fourth-order valence-electron chi connectivity index (χ4n) is 3.47. The van der Waals surface area contributed by atoms with Crippen molar-refractivity contribution in [3.63, 3.8) is 0 Å². The summed E-state index contributed by atoms with van der Waals surface area (Å²) < 4.78 is 0. The number of unbranched alkanes of at least 4 members (excludes halogenated alkanes) is 1. The van der Waals surface area contributed by atoms with Crippen LogP contribution in [0.1, 0.15) is 66.7 Å². The minimum atomic E-state index is 0.674. The van der Waals surface area contributed by atoms with Crippen molar-refractivity contribution in [1.82, 2.24) is 10.2 Å². The molecule has 1 saturated carbocycles. The highest BCUT2D eigenvalue weighted by molar-refractivity contribution is 4.85. The standard InChI is InChI=1S/C18H38N2/c1-14(2)17-10-9-16(5)13-18(17)19-11-7-8-12-20(6)15(3)4/h14-19H,7-13H2,1-6H3. The average molecular weight is 283 g/mol. The Morgan fingerprint density at radius 1 is 1.10 bits per heavy atom. The van der Waals surface area contributed by atoms with E-state index in [-0.39, 0.29) is 0 Å². The molecule has 1 aliphatic carbocycles. The van der Waals surface area contributed by atoms with E-state index in [9.17, 15) is 0 Å². The van der Waals surface area contributed by atoms with Crippen LogP contribution in [0.15, 0.2) is 0 Å². The first-order valence-electron chi connectivity index (χ1n) is 8.85. The molecule has 0 amide bonds. The number of nitrogens with zero attached hydrogens (tertiary/aromatic N) is 1. The van der Waals surface area contributed by atoms with Gasteiger partial charge in [-0.3, -0.25) is 0 Å². The topological polar surface area (TPSA) is 15.3 Å². The summed E-state index contributed by atoms with van der Waals surface area (Å²) in [6, 6.07) is 1.44. The van der Waals surface area contributed by atoms with Gasteiger partial charge in [0.1, 0.15) is 0 Å². The minimum Gasteiger partial charge on any atom is -0.314 e. The molecule has 1 N–H and O–H groups in total. The maximum absolute atomic E-state index is 3.87. The van der Waals surface area contributed by atoms with Crippen molar-refractivity contribution in [2.45, 2.75) is 78.8 Å². The predicted octanol–water partition coefficient (Wildman–Crippen LogP) is 4.16. The zero-order valence-corrected chi connectivity index (χ0v) is 14.8. The summed E-state index contributed by atoms with van der Waals surface area (Å²) in [5, 5.41) is 3.87. The van der Waals surface area contributed by atoms with Gasteiger partial charge in [0.05, 0.1) is 0 Å². The van der Waals surface area contributed by atoms with Crippen LogP contribution in [0.4, 0.5) is 0 Å². The van der Waals surface area contributed by atoms with Crippen LogP contribution in [0.5, 0.6) is 0 Å². The zero-order valence-electron chi connectivity index (χ0n) is 14.8. The van der Waals surface area contributed by atoms with E-state index in [2.05, 4.69) is 51.9 Å². The Kier molecular flexibility index (Phi) is 8.13. The highest BCUT2D eigenvalue weighted by atomic mass is 15.1. The third kappa shape index (κ3) is 6.13. The van der Waals surface area contributed by atoms with Crippen molar-refractivity contribution < 1.29 is 0 Å². The molecule has 1 rings (SSSR count). The van der Waals surface area contributed by atoms with Gasteiger partial charge in [-0.2, -0.15) is 0 Å².